The lowest BCUT2D eigenvalue weighted by atomic mass is 10.0. The van der Waals surface area contributed by atoms with Gasteiger partial charge >= 0.3 is 11.9 Å². The highest BCUT2D eigenvalue weighted by molar-refractivity contribution is 5.70. The summed E-state index contributed by atoms with van der Waals surface area (Å²) in [5.74, 6) is -0.585. The van der Waals surface area contributed by atoms with E-state index in [1.165, 1.54) is 218 Å². The minimum atomic E-state index is -0.770. The molecule has 0 aliphatic heterocycles. The molecule has 0 aliphatic rings. The number of aliphatic hydroxyl groups excluding tert-OH is 1. The van der Waals surface area contributed by atoms with E-state index in [0.717, 1.165) is 38.5 Å². The van der Waals surface area contributed by atoms with Gasteiger partial charge in [-0.2, -0.15) is 0 Å². The van der Waals surface area contributed by atoms with E-state index in [9.17, 15) is 14.7 Å². The van der Waals surface area contributed by atoms with Crippen molar-refractivity contribution in [1.29, 1.82) is 0 Å². The Morgan fingerprint density at radius 1 is 0.393 bits per heavy atom. The van der Waals surface area contributed by atoms with Gasteiger partial charge in [0.25, 0.3) is 0 Å². The van der Waals surface area contributed by atoms with Crippen molar-refractivity contribution in [3.05, 3.63) is 12.2 Å². The first kappa shape index (κ1) is 54.6. The number of hydrogen-bond acceptors (Lipinski definition) is 5. The molecule has 0 aliphatic carbocycles. The maximum atomic E-state index is 12.2. The largest absolute Gasteiger partial charge is 0.462 e. The van der Waals surface area contributed by atoms with Crippen molar-refractivity contribution in [2.45, 2.75) is 290 Å². The molecule has 1 N–H and O–H groups in total. The second-order valence-electron chi connectivity index (χ2n) is 17.3. The molecule has 0 saturated heterocycles. The van der Waals surface area contributed by atoms with Gasteiger partial charge in [-0.05, 0) is 38.5 Å². The van der Waals surface area contributed by atoms with Crippen LogP contribution in [0.15, 0.2) is 12.2 Å². The van der Waals surface area contributed by atoms with Gasteiger partial charge in [-0.15, -0.1) is 0 Å². The van der Waals surface area contributed by atoms with Crippen LogP contribution in [0, 0.1) is 0 Å². The molecule has 0 aromatic carbocycles. The molecule has 5 nitrogen and oxygen atoms in total. The number of aliphatic hydroxyl groups is 1. The van der Waals surface area contributed by atoms with Crippen LogP contribution in [0.25, 0.3) is 0 Å². The van der Waals surface area contributed by atoms with Gasteiger partial charge in [0.2, 0.25) is 0 Å². The van der Waals surface area contributed by atoms with Gasteiger partial charge < -0.3 is 14.6 Å². The summed E-state index contributed by atoms with van der Waals surface area (Å²) in [6.45, 7) is 4.15. The predicted octanol–water partition coefficient (Wildman–Crippen LogP) is 16.4. The molecule has 0 rings (SSSR count). The van der Waals surface area contributed by atoms with Crippen LogP contribution in [0.3, 0.4) is 0 Å². The highest BCUT2D eigenvalue weighted by Gasteiger charge is 2.16. The minimum absolute atomic E-state index is 0.0627. The molecule has 0 radical (unpaired) electrons. The van der Waals surface area contributed by atoms with Crippen molar-refractivity contribution in [3.8, 4) is 0 Å². The van der Waals surface area contributed by atoms with Crippen molar-refractivity contribution >= 4 is 11.9 Å². The summed E-state index contributed by atoms with van der Waals surface area (Å²) in [5.41, 5.74) is 0. The SMILES string of the molecule is CCCCCC/C=C\CCCCCCCC(=O)OC(CO)COC(=O)CCCCCCCCCCCCCCCCCCCCCCCCCCCCCCC. The Bertz CT molecular complexity index is 810. The third-order valence-electron chi connectivity index (χ3n) is 11.6. The molecule has 1 unspecified atom stereocenters. The molecular weight excluding hydrogens is 693 g/mol. The fourth-order valence-electron chi connectivity index (χ4n) is 7.73. The Morgan fingerprint density at radius 3 is 0.982 bits per heavy atom. The zero-order valence-corrected chi connectivity index (χ0v) is 37.9. The summed E-state index contributed by atoms with van der Waals surface area (Å²) >= 11 is 0. The molecule has 1 atom stereocenters. The van der Waals surface area contributed by atoms with E-state index in [4.69, 9.17) is 9.47 Å². The molecule has 0 amide bonds. The molecule has 332 valence electrons. The molecule has 0 spiro atoms. The van der Waals surface area contributed by atoms with Crippen molar-refractivity contribution in [1.82, 2.24) is 0 Å². The van der Waals surface area contributed by atoms with Crippen molar-refractivity contribution in [2.24, 2.45) is 0 Å². The fourth-order valence-corrected chi connectivity index (χ4v) is 7.73. The van der Waals surface area contributed by atoms with Crippen LogP contribution in [-0.2, 0) is 19.1 Å². The molecule has 0 aromatic heterocycles. The van der Waals surface area contributed by atoms with E-state index in [-0.39, 0.29) is 25.2 Å². The van der Waals surface area contributed by atoms with E-state index in [2.05, 4.69) is 26.0 Å². The first-order valence-corrected chi connectivity index (χ1v) is 25.2. The van der Waals surface area contributed by atoms with E-state index < -0.39 is 6.10 Å². The lowest BCUT2D eigenvalue weighted by Crippen LogP contribution is -2.28. The summed E-state index contributed by atoms with van der Waals surface area (Å²) in [4.78, 5) is 24.3. The van der Waals surface area contributed by atoms with E-state index >= 15 is 0 Å². The molecule has 5 heteroatoms. The summed E-state index contributed by atoms with van der Waals surface area (Å²) in [6.07, 6.45) is 57.5. The minimum Gasteiger partial charge on any atom is -0.462 e. The Morgan fingerprint density at radius 2 is 0.661 bits per heavy atom. The summed E-state index contributed by atoms with van der Waals surface area (Å²) in [5, 5.41) is 9.59. The first-order chi connectivity index (χ1) is 27.6. The number of ether oxygens (including phenoxy) is 2. The zero-order valence-electron chi connectivity index (χ0n) is 37.9. The Hall–Kier alpha value is -1.36. The van der Waals surface area contributed by atoms with Gasteiger partial charge in [-0.3, -0.25) is 9.59 Å². The zero-order chi connectivity index (χ0) is 40.7. The van der Waals surface area contributed by atoms with E-state index in [1.54, 1.807) is 0 Å². The van der Waals surface area contributed by atoms with Crippen LogP contribution in [0.5, 0.6) is 0 Å². The van der Waals surface area contributed by atoms with E-state index in [0.29, 0.717) is 12.8 Å². The molecule has 56 heavy (non-hydrogen) atoms. The molecule has 0 heterocycles. The number of carbonyl (C=O) groups excluding carboxylic acids is 2. The predicted molar refractivity (Wildman–Crippen MR) is 242 cm³/mol. The van der Waals surface area contributed by atoms with E-state index in [1.807, 2.05) is 0 Å². The van der Waals surface area contributed by atoms with Crippen LogP contribution >= 0.6 is 0 Å². The summed E-state index contributed by atoms with van der Waals surface area (Å²) in [7, 11) is 0. The summed E-state index contributed by atoms with van der Waals surface area (Å²) in [6, 6.07) is 0. The van der Waals surface area contributed by atoms with Gasteiger partial charge in [-0.1, -0.05) is 244 Å². The Labute approximate surface area is 350 Å². The van der Waals surface area contributed by atoms with Gasteiger partial charge in [0.15, 0.2) is 6.10 Å². The Kier molecular flexibility index (Phi) is 46.8. The third-order valence-corrected chi connectivity index (χ3v) is 11.6. The summed E-state index contributed by atoms with van der Waals surface area (Å²) < 4.78 is 10.6. The molecule has 0 bridgehead atoms. The van der Waals surface area contributed by atoms with Crippen LogP contribution in [0.1, 0.15) is 284 Å². The Balaban J connectivity index is 3.39. The smallest absolute Gasteiger partial charge is 0.306 e. The average molecular weight is 791 g/mol. The fraction of sp³-hybridized carbons (Fsp3) is 0.922. The van der Waals surface area contributed by atoms with Gasteiger partial charge in [0.05, 0.1) is 6.61 Å². The maximum Gasteiger partial charge on any atom is 0.306 e. The lowest BCUT2D eigenvalue weighted by Gasteiger charge is -2.15. The maximum absolute atomic E-state index is 12.2. The standard InChI is InChI=1S/C51H98O5/c1-3-5-7-9-11-13-15-17-18-19-20-21-22-23-24-25-26-27-28-29-30-31-32-34-35-37-39-41-43-45-50(53)55-48-49(47-52)56-51(54)46-44-42-40-38-36-33-16-14-12-10-8-6-4-2/h14,16,49,52H,3-13,15,17-48H2,1-2H3/b16-14-. The molecule has 0 fully saturated rings. The number of hydrogen-bond donors (Lipinski definition) is 1. The normalized spacial score (nSPS) is 12.1. The van der Waals surface area contributed by atoms with Crippen LogP contribution in [-0.4, -0.2) is 36.4 Å². The van der Waals surface area contributed by atoms with Crippen LogP contribution < -0.4 is 0 Å². The number of esters is 2. The number of carbonyl (C=O) groups is 2. The highest BCUT2D eigenvalue weighted by atomic mass is 16.6. The number of rotatable bonds is 47. The second kappa shape index (κ2) is 48.0. The first-order valence-electron chi connectivity index (χ1n) is 25.2. The second-order valence-corrected chi connectivity index (χ2v) is 17.3. The van der Waals surface area contributed by atoms with Crippen molar-refractivity contribution in [3.63, 3.8) is 0 Å². The monoisotopic (exact) mass is 791 g/mol. The van der Waals surface area contributed by atoms with Gasteiger partial charge in [0.1, 0.15) is 6.61 Å². The topological polar surface area (TPSA) is 72.8 Å². The van der Waals surface area contributed by atoms with Gasteiger partial charge in [-0.25, -0.2) is 0 Å². The van der Waals surface area contributed by atoms with Crippen molar-refractivity contribution < 1.29 is 24.2 Å². The van der Waals surface area contributed by atoms with Gasteiger partial charge in [0, 0.05) is 12.8 Å². The molecular formula is C51H98O5. The lowest BCUT2D eigenvalue weighted by molar-refractivity contribution is -0.161. The van der Waals surface area contributed by atoms with Crippen molar-refractivity contribution in [2.75, 3.05) is 13.2 Å². The van der Waals surface area contributed by atoms with Crippen LogP contribution in [0.2, 0.25) is 0 Å². The molecule has 0 aromatic rings. The third kappa shape index (κ3) is 45.3. The quantitative estimate of drug-likeness (QED) is 0.0378. The number of allylic oxidation sites excluding steroid dienone is 2. The molecule has 0 saturated carbocycles. The van der Waals surface area contributed by atoms with Crippen LogP contribution in [0.4, 0.5) is 0 Å². The highest BCUT2D eigenvalue weighted by Crippen LogP contribution is 2.17. The average Bonchev–Trinajstić information content (AvgIpc) is 3.20. The number of unbranched alkanes of at least 4 members (excludes halogenated alkanes) is 37.